The van der Waals surface area contributed by atoms with Crippen molar-refractivity contribution in [2.24, 2.45) is 0 Å². The van der Waals surface area contributed by atoms with Crippen molar-refractivity contribution in [3.63, 3.8) is 0 Å². The number of hydrogen-bond donors (Lipinski definition) is 0. The van der Waals surface area contributed by atoms with E-state index in [0.717, 1.165) is 5.56 Å². The molecule has 2 aromatic carbocycles. The number of benzene rings is 2. The van der Waals surface area contributed by atoms with Crippen LogP contribution >= 0.6 is 0 Å². The minimum Gasteiger partial charge on any atom is -0.496 e. The highest BCUT2D eigenvalue weighted by atomic mass is 16.5. The Labute approximate surface area is 146 Å². The molecule has 0 saturated carbocycles. The molecule has 0 saturated heterocycles. The lowest BCUT2D eigenvalue weighted by Gasteiger charge is -2.29. The Morgan fingerprint density at radius 1 is 0.920 bits per heavy atom. The predicted octanol–water partition coefficient (Wildman–Crippen LogP) is 3.43. The summed E-state index contributed by atoms with van der Waals surface area (Å²) in [7, 11) is 6.11. The summed E-state index contributed by atoms with van der Waals surface area (Å²) in [5, 5.41) is 0. The van der Waals surface area contributed by atoms with E-state index in [-0.39, 0.29) is 12.2 Å². The molecule has 0 bridgehead atoms. The Balaban J connectivity index is 2.14. The van der Waals surface area contributed by atoms with Crippen LogP contribution in [0.2, 0.25) is 0 Å². The Morgan fingerprint density at radius 3 is 2.24 bits per heavy atom. The first-order valence-electron chi connectivity index (χ1n) is 7.80. The number of carbonyl (C=O) groups excluding carboxylic acids is 1. The first-order chi connectivity index (χ1) is 12.1. The maximum Gasteiger partial charge on any atom is 0.204 e. The highest BCUT2D eigenvalue weighted by molar-refractivity contribution is 6.04. The average Bonchev–Trinajstić information content (AvgIpc) is 2.66. The SMILES string of the molecule is COc1ccccc1[C@@H]1CC(=O)c2c(OC)cc(OC)c(OC)c2O1. The van der Waals surface area contributed by atoms with Gasteiger partial charge in [0, 0.05) is 11.6 Å². The second-order valence-electron chi connectivity index (χ2n) is 5.49. The second-order valence-corrected chi connectivity index (χ2v) is 5.49. The summed E-state index contributed by atoms with van der Waals surface area (Å²) < 4.78 is 27.7. The summed E-state index contributed by atoms with van der Waals surface area (Å²) in [6.45, 7) is 0. The van der Waals surface area contributed by atoms with Crippen molar-refractivity contribution in [1.29, 1.82) is 0 Å². The standard InChI is InChI=1S/C19H20O6/c1-21-13-8-6-5-7-11(13)14-9-12(20)17-15(22-2)10-16(23-3)18(24-4)19(17)25-14/h5-8,10,14H,9H2,1-4H3/t14-/m0/s1. The van der Waals surface area contributed by atoms with Crippen LogP contribution in [-0.4, -0.2) is 34.2 Å². The van der Waals surface area contributed by atoms with Gasteiger partial charge in [-0.15, -0.1) is 0 Å². The van der Waals surface area contributed by atoms with Crippen molar-refractivity contribution >= 4 is 5.78 Å². The summed E-state index contributed by atoms with van der Waals surface area (Å²) in [4.78, 5) is 12.8. The van der Waals surface area contributed by atoms with E-state index in [2.05, 4.69) is 0 Å². The summed E-state index contributed by atoms with van der Waals surface area (Å²) in [5.41, 5.74) is 1.17. The van der Waals surface area contributed by atoms with Crippen molar-refractivity contribution in [1.82, 2.24) is 0 Å². The average molecular weight is 344 g/mol. The van der Waals surface area contributed by atoms with Gasteiger partial charge in [-0.2, -0.15) is 0 Å². The van der Waals surface area contributed by atoms with Gasteiger partial charge < -0.3 is 23.7 Å². The number of rotatable bonds is 5. The summed E-state index contributed by atoms with van der Waals surface area (Å²) in [6.07, 6.45) is -0.305. The van der Waals surface area contributed by atoms with E-state index in [1.54, 1.807) is 13.2 Å². The molecule has 1 heterocycles. The molecule has 0 aliphatic carbocycles. The molecule has 0 N–H and O–H groups in total. The van der Waals surface area contributed by atoms with Crippen molar-refractivity contribution in [2.75, 3.05) is 28.4 Å². The smallest absolute Gasteiger partial charge is 0.204 e. The zero-order valence-electron chi connectivity index (χ0n) is 14.6. The highest BCUT2D eigenvalue weighted by Gasteiger charge is 2.36. The molecule has 3 rings (SSSR count). The largest absolute Gasteiger partial charge is 0.496 e. The number of ketones is 1. The van der Waals surface area contributed by atoms with Crippen molar-refractivity contribution in [3.8, 4) is 28.7 Å². The zero-order valence-corrected chi connectivity index (χ0v) is 14.6. The maximum atomic E-state index is 12.8. The lowest BCUT2D eigenvalue weighted by molar-refractivity contribution is 0.0832. The van der Waals surface area contributed by atoms with Gasteiger partial charge in [-0.25, -0.2) is 0 Å². The molecule has 0 amide bonds. The fourth-order valence-corrected chi connectivity index (χ4v) is 3.04. The molecule has 1 aliphatic rings. The number of carbonyl (C=O) groups is 1. The third-order valence-corrected chi connectivity index (χ3v) is 4.21. The van der Waals surface area contributed by atoms with Gasteiger partial charge in [0.2, 0.25) is 5.75 Å². The monoisotopic (exact) mass is 344 g/mol. The third-order valence-electron chi connectivity index (χ3n) is 4.21. The van der Waals surface area contributed by atoms with Gasteiger partial charge in [0.15, 0.2) is 17.3 Å². The molecule has 0 unspecified atom stereocenters. The molecule has 0 fully saturated rings. The van der Waals surface area contributed by atoms with E-state index in [9.17, 15) is 4.79 Å². The van der Waals surface area contributed by atoms with Gasteiger partial charge in [0.1, 0.15) is 23.2 Å². The van der Waals surface area contributed by atoms with Gasteiger partial charge in [0.25, 0.3) is 0 Å². The van der Waals surface area contributed by atoms with Crippen LogP contribution in [0.15, 0.2) is 30.3 Å². The van der Waals surface area contributed by atoms with E-state index < -0.39 is 6.10 Å². The third kappa shape index (κ3) is 2.84. The summed E-state index contributed by atoms with van der Waals surface area (Å²) >= 11 is 0. The fourth-order valence-electron chi connectivity index (χ4n) is 3.04. The normalized spacial score (nSPS) is 15.8. The van der Waals surface area contributed by atoms with Crippen LogP contribution in [-0.2, 0) is 0 Å². The number of para-hydroxylation sites is 1. The number of ether oxygens (including phenoxy) is 5. The van der Waals surface area contributed by atoms with Gasteiger partial charge in [-0.3, -0.25) is 4.79 Å². The van der Waals surface area contributed by atoms with Crippen LogP contribution in [0, 0.1) is 0 Å². The Bertz CT molecular complexity index is 799. The predicted molar refractivity (Wildman–Crippen MR) is 91.4 cm³/mol. The van der Waals surface area contributed by atoms with Crippen LogP contribution in [0.5, 0.6) is 28.7 Å². The summed E-state index contributed by atoms with van der Waals surface area (Å²) in [6, 6.07) is 9.09. The zero-order chi connectivity index (χ0) is 18.0. The molecular formula is C19H20O6. The van der Waals surface area contributed by atoms with Gasteiger partial charge >= 0.3 is 0 Å². The van der Waals surface area contributed by atoms with E-state index >= 15 is 0 Å². The quantitative estimate of drug-likeness (QED) is 0.828. The van der Waals surface area contributed by atoms with E-state index in [1.807, 2.05) is 24.3 Å². The molecule has 25 heavy (non-hydrogen) atoms. The van der Waals surface area contributed by atoms with Crippen LogP contribution in [0.1, 0.15) is 28.4 Å². The van der Waals surface area contributed by atoms with Gasteiger partial charge in [-0.1, -0.05) is 18.2 Å². The molecule has 1 aliphatic heterocycles. The lowest BCUT2D eigenvalue weighted by Crippen LogP contribution is -2.22. The summed E-state index contributed by atoms with van der Waals surface area (Å²) in [5.74, 6) is 2.10. The minimum atomic E-state index is -0.484. The molecule has 0 radical (unpaired) electrons. The molecule has 6 heteroatoms. The molecule has 132 valence electrons. The first kappa shape index (κ1) is 17.0. The highest BCUT2D eigenvalue weighted by Crippen LogP contribution is 2.50. The number of hydrogen-bond acceptors (Lipinski definition) is 6. The number of fused-ring (bicyclic) bond motifs is 1. The Hall–Kier alpha value is -2.89. The van der Waals surface area contributed by atoms with E-state index in [4.69, 9.17) is 23.7 Å². The molecule has 0 aromatic heterocycles. The molecule has 6 nitrogen and oxygen atoms in total. The number of methoxy groups -OCH3 is 4. The molecule has 1 atom stereocenters. The Kier molecular flexibility index (Phi) is 4.70. The molecule has 2 aromatic rings. The van der Waals surface area contributed by atoms with Gasteiger partial charge in [-0.05, 0) is 6.07 Å². The van der Waals surface area contributed by atoms with Crippen LogP contribution in [0.4, 0.5) is 0 Å². The van der Waals surface area contributed by atoms with Gasteiger partial charge in [0.05, 0.1) is 34.9 Å². The first-order valence-corrected chi connectivity index (χ1v) is 7.80. The van der Waals surface area contributed by atoms with Crippen molar-refractivity contribution in [3.05, 3.63) is 41.5 Å². The number of Topliss-reactive ketones (excluding diaryl/α,β-unsaturated/α-hetero) is 1. The van der Waals surface area contributed by atoms with Crippen LogP contribution < -0.4 is 23.7 Å². The van der Waals surface area contributed by atoms with Crippen molar-refractivity contribution < 1.29 is 28.5 Å². The minimum absolute atomic E-state index is 0.0880. The molecular weight excluding hydrogens is 324 g/mol. The second kappa shape index (κ2) is 6.93. The van der Waals surface area contributed by atoms with E-state index in [0.29, 0.717) is 34.3 Å². The van der Waals surface area contributed by atoms with Crippen LogP contribution in [0.3, 0.4) is 0 Å². The topological polar surface area (TPSA) is 63.2 Å². The maximum absolute atomic E-state index is 12.8. The fraction of sp³-hybridized carbons (Fsp3) is 0.316. The Morgan fingerprint density at radius 2 is 1.60 bits per heavy atom. The lowest BCUT2D eigenvalue weighted by atomic mass is 9.94. The van der Waals surface area contributed by atoms with Crippen LogP contribution in [0.25, 0.3) is 0 Å². The van der Waals surface area contributed by atoms with Crippen molar-refractivity contribution in [2.45, 2.75) is 12.5 Å². The molecule has 0 spiro atoms. The van der Waals surface area contributed by atoms with E-state index in [1.165, 1.54) is 21.3 Å².